The number of methoxy groups -OCH3 is 2. The van der Waals surface area contributed by atoms with Crippen molar-refractivity contribution in [3.63, 3.8) is 0 Å². The summed E-state index contributed by atoms with van der Waals surface area (Å²) in [5.74, 6) is 2.72. The van der Waals surface area contributed by atoms with Crippen molar-refractivity contribution in [1.82, 2.24) is 20.2 Å². The maximum absolute atomic E-state index is 12.2. The highest BCUT2D eigenvalue weighted by molar-refractivity contribution is 6.41. The molecule has 222 valence electrons. The van der Waals surface area contributed by atoms with Crippen molar-refractivity contribution in [3.05, 3.63) is 47.1 Å². The van der Waals surface area contributed by atoms with Gasteiger partial charge in [0.25, 0.3) is 0 Å². The van der Waals surface area contributed by atoms with Crippen LogP contribution in [0.3, 0.4) is 0 Å². The molecule has 4 heterocycles. The fraction of sp³-hybridized carbons (Fsp3) is 0.433. The molecule has 2 aliphatic heterocycles. The van der Waals surface area contributed by atoms with Gasteiger partial charge in [-0.3, -0.25) is 9.69 Å². The lowest BCUT2D eigenvalue weighted by Crippen LogP contribution is -2.49. The molecule has 0 unspecified atom stereocenters. The number of nitrogens with zero attached hydrogens (tertiary/aromatic N) is 3. The number of nitrogens with one attached hydrogen (secondary N) is 3. The van der Waals surface area contributed by atoms with Gasteiger partial charge in [-0.2, -0.15) is 0 Å². The molecule has 2 atom stereocenters. The topological polar surface area (TPSA) is 110 Å². The number of aromatic nitrogens is 2. The average molecular weight is 614 g/mol. The molecule has 1 amide bonds. The highest BCUT2D eigenvalue weighted by Crippen LogP contribution is 2.46. The van der Waals surface area contributed by atoms with Crippen LogP contribution in [0.2, 0.25) is 10.0 Å². The smallest absolute Gasteiger partial charge is 0.243 e. The average Bonchev–Trinajstić information content (AvgIpc) is 3.72. The standard InChI is InChI=1S/C30H34Cl2N6O4/c1-4-26(39)36-22-13-38(18-14-42-15-18)12-21(22)35-25-8-19-17(11-33-25)7-20(37-30(19)34-10-16-5-6-16)27-28(31)23(40-2)9-24(41-3)29(27)32/h4,7-9,11,16,18,21-22H,1,5-6,10,12-15H2,2-3H3,(H,33,35)(H,34,37)(H,36,39)/t21-,22+/m1/s1. The first kappa shape index (κ1) is 28.8. The van der Waals surface area contributed by atoms with Gasteiger partial charge in [-0.25, -0.2) is 9.97 Å². The Morgan fingerprint density at radius 2 is 1.83 bits per heavy atom. The van der Waals surface area contributed by atoms with Gasteiger partial charge in [-0.05, 0) is 37.0 Å². The summed E-state index contributed by atoms with van der Waals surface area (Å²) in [7, 11) is 3.09. The Bertz CT molecular complexity index is 1480. The van der Waals surface area contributed by atoms with E-state index >= 15 is 0 Å². The van der Waals surface area contributed by atoms with Crippen LogP contribution in [0.4, 0.5) is 11.6 Å². The van der Waals surface area contributed by atoms with Gasteiger partial charge in [0.05, 0.1) is 61.3 Å². The van der Waals surface area contributed by atoms with Gasteiger partial charge in [-0.15, -0.1) is 0 Å². The summed E-state index contributed by atoms with van der Waals surface area (Å²) in [6, 6.07) is 5.79. The quantitative estimate of drug-likeness (QED) is 0.267. The minimum absolute atomic E-state index is 0.0450. The number of carbonyl (C=O) groups is 1. The first-order valence-electron chi connectivity index (χ1n) is 14.0. The number of hydrogen-bond donors (Lipinski definition) is 3. The summed E-state index contributed by atoms with van der Waals surface area (Å²) in [5.41, 5.74) is 1.11. The van der Waals surface area contributed by atoms with Crippen LogP contribution in [-0.4, -0.2) is 86.0 Å². The van der Waals surface area contributed by atoms with Crippen LogP contribution in [0.15, 0.2) is 37.1 Å². The highest BCUT2D eigenvalue weighted by Gasteiger charge is 2.39. The molecule has 3 aromatic rings. The van der Waals surface area contributed by atoms with E-state index in [1.165, 1.54) is 18.9 Å². The second-order valence-electron chi connectivity index (χ2n) is 11.0. The van der Waals surface area contributed by atoms with Gasteiger partial charge >= 0.3 is 0 Å². The lowest BCUT2D eigenvalue weighted by Gasteiger charge is -2.34. The third kappa shape index (κ3) is 5.81. The zero-order valence-corrected chi connectivity index (χ0v) is 25.1. The van der Waals surface area contributed by atoms with Crippen molar-refractivity contribution >= 4 is 51.5 Å². The van der Waals surface area contributed by atoms with Crippen LogP contribution >= 0.6 is 23.2 Å². The second kappa shape index (κ2) is 12.1. The van der Waals surface area contributed by atoms with Crippen LogP contribution in [0.25, 0.3) is 22.0 Å². The second-order valence-corrected chi connectivity index (χ2v) is 11.7. The number of pyridine rings is 2. The molecule has 0 radical (unpaired) electrons. The van der Waals surface area contributed by atoms with Crippen LogP contribution in [-0.2, 0) is 9.53 Å². The van der Waals surface area contributed by atoms with Crippen LogP contribution in [0.5, 0.6) is 11.5 Å². The maximum atomic E-state index is 12.2. The first-order chi connectivity index (χ1) is 20.4. The predicted octanol–water partition coefficient (Wildman–Crippen LogP) is 4.61. The lowest BCUT2D eigenvalue weighted by atomic mass is 10.1. The molecule has 1 saturated carbocycles. The largest absolute Gasteiger partial charge is 0.495 e. The molecule has 6 rings (SSSR count). The van der Waals surface area contributed by atoms with Crippen molar-refractivity contribution in [2.24, 2.45) is 5.92 Å². The van der Waals surface area contributed by atoms with Crippen LogP contribution < -0.4 is 25.4 Å². The molecule has 1 aromatic carbocycles. The van der Waals surface area contributed by atoms with Gasteiger partial charge in [-0.1, -0.05) is 29.8 Å². The number of halogens is 2. The van der Waals surface area contributed by atoms with Gasteiger partial charge in [0, 0.05) is 48.2 Å². The van der Waals surface area contributed by atoms with Gasteiger partial charge in [0.2, 0.25) is 5.91 Å². The van der Waals surface area contributed by atoms with E-state index in [-0.39, 0.29) is 18.0 Å². The third-order valence-electron chi connectivity index (χ3n) is 8.13. The number of amides is 1. The molecular formula is C30H34Cl2N6O4. The van der Waals surface area contributed by atoms with E-state index in [1.807, 2.05) is 18.3 Å². The fourth-order valence-corrected chi connectivity index (χ4v) is 6.15. The number of fused-ring (bicyclic) bond motifs is 1. The van der Waals surface area contributed by atoms with Gasteiger partial charge < -0.3 is 30.2 Å². The van der Waals surface area contributed by atoms with Crippen molar-refractivity contribution in [2.45, 2.75) is 31.0 Å². The number of carbonyl (C=O) groups excluding carboxylic acids is 1. The van der Waals surface area contributed by atoms with E-state index < -0.39 is 0 Å². The maximum Gasteiger partial charge on any atom is 0.243 e. The zero-order valence-electron chi connectivity index (χ0n) is 23.6. The van der Waals surface area contributed by atoms with E-state index in [0.717, 1.165) is 30.4 Å². The van der Waals surface area contributed by atoms with E-state index in [0.29, 0.717) is 69.6 Å². The molecule has 12 heteroatoms. The highest BCUT2D eigenvalue weighted by atomic mass is 35.5. The Morgan fingerprint density at radius 3 is 2.45 bits per heavy atom. The number of likely N-dealkylation sites (tertiary alicyclic amines) is 1. The molecule has 2 aromatic heterocycles. The summed E-state index contributed by atoms with van der Waals surface area (Å²) < 4.78 is 16.4. The molecule has 0 bridgehead atoms. The van der Waals surface area contributed by atoms with Crippen molar-refractivity contribution in [2.75, 3.05) is 57.7 Å². The monoisotopic (exact) mass is 612 g/mol. The number of anilines is 2. The van der Waals surface area contributed by atoms with Crippen LogP contribution in [0, 0.1) is 5.92 Å². The zero-order chi connectivity index (χ0) is 29.4. The van der Waals surface area contributed by atoms with Crippen molar-refractivity contribution in [1.29, 1.82) is 0 Å². The van der Waals surface area contributed by atoms with Gasteiger partial charge in [0.1, 0.15) is 23.1 Å². The minimum Gasteiger partial charge on any atom is -0.495 e. The fourth-order valence-electron chi connectivity index (χ4n) is 5.45. The Hall–Kier alpha value is -3.31. The lowest BCUT2D eigenvalue weighted by molar-refractivity contribution is -0.117. The van der Waals surface area contributed by atoms with Crippen LogP contribution in [0.1, 0.15) is 12.8 Å². The molecule has 3 aliphatic rings. The molecule has 0 spiro atoms. The predicted molar refractivity (Wildman–Crippen MR) is 165 cm³/mol. The first-order valence-corrected chi connectivity index (χ1v) is 14.8. The molecule has 10 nitrogen and oxygen atoms in total. The van der Waals surface area contributed by atoms with E-state index in [1.54, 1.807) is 20.3 Å². The van der Waals surface area contributed by atoms with Crippen molar-refractivity contribution in [3.8, 4) is 22.8 Å². The summed E-state index contributed by atoms with van der Waals surface area (Å²) in [6.07, 6.45) is 5.52. The SMILES string of the molecule is C=CC(=O)N[C@H]1CN(C2COC2)C[C@H]1Nc1cc2c(NCC3CC3)nc(-c3c(Cl)c(OC)cc(OC)c3Cl)cc2cn1. The number of rotatable bonds is 11. The Balaban J connectivity index is 1.35. The number of ether oxygens (including phenoxy) is 3. The molecule has 42 heavy (non-hydrogen) atoms. The molecule has 3 fully saturated rings. The Kier molecular flexibility index (Phi) is 8.31. The number of hydrogen-bond acceptors (Lipinski definition) is 9. The molecular weight excluding hydrogens is 579 g/mol. The summed E-state index contributed by atoms with van der Waals surface area (Å²) >= 11 is 13.5. The summed E-state index contributed by atoms with van der Waals surface area (Å²) in [4.78, 5) is 24.3. The van der Waals surface area contributed by atoms with E-state index in [4.69, 9.17) is 47.4 Å². The van der Waals surface area contributed by atoms with Crippen molar-refractivity contribution < 1.29 is 19.0 Å². The minimum atomic E-state index is -0.195. The van der Waals surface area contributed by atoms with Gasteiger partial charge in [0.15, 0.2) is 0 Å². The summed E-state index contributed by atoms with van der Waals surface area (Å²) in [5, 5.41) is 12.7. The van der Waals surface area contributed by atoms with E-state index in [2.05, 4.69) is 27.4 Å². The number of benzene rings is 1. The Morgan fingerprint density at radius 1 is 1.12 bits per heavy atom. The molecule has 3 N–H and O–H groups in total. The molecule has 2 saturated heterocycles. The molecule has 1 aliphatic carbocycles. The normalized spacial score (nSPS) is 20.7. The third-order valence-corrected chi connectivity index (χ3v) is 8.88. The Labute approximate surface area is 254 Å². The van der Waals surface area contributed by atoms with E-state index in [9.17, 15) is 4.79 Å². The summed E-state index contributed by atoms with van der Waals surface area (Å²) in [6.45, 7) is 7.32.